The lowest BCUT2D eigenvalue weighted by molar-refractivity contribution is 1.63. The van der Waals surface area contributed by atoms with Gasteiger partial charge in [-0.05, 0) is 126 Å². The van der Waals surface area contributed by atoms with Crippen molar-refractivity contribution in [2.45, 2.75) is 0 Å². The van der Waals surface area contributed by atoms with Crippen molar-refractivity contribution in [1.29, 1.82) is 0 Å². The highest BCUT2D eigenvalue weighted by Crippen LogP contribution is 2.46. The Morgan fingerprint density at radius 1 is 0.152 bits per heavy atom. The molecule has 0 N–H and O–H groups in total. The van der Waals surface area contributed by atoms with Gasteiger partial charge in [-0.25, -0.2) is 0 Å². The van der Waals surface area contributed by atoms with E-state index in [0.717, 1.165) is 0 Å². The third-order valence-electron chi connectivity index (χ3n) is 13.3. The molecule has 0 atom stereocenters. The number of hydrogen-bond acceptors (Lipinski definition) is 0. The molecule has 13 aromatic carbocycles. The van der Waals surface area contributed by atoms with E-state index in [2.05, 4.69) is 267 Å². The molecule has 0 aliphatic carbocycles. The molecule has 0 saturated heterocycles. The average molecular weight is 837 g/mol. The molecule has 0 radical (unpaired) electrons. The number of fused-ring (bicyclic) bond motifs is 6. The topological polar surface area (TPSA) is 0 Å². The average Bonchev–Trinajstić information content (AvgIpc) is 3.40. The molecule has 13 aromatic rings. The highest BCUT2D eigenvalue weighted by molar-refractivity contribution is 6.23. The molecule has 0 bridgehead atoms. The lowest BCUT2D eigenvalue weighted by Gasteiger charge is -2.18. The van der Waals surface area contributed by atoms with E-state index in [0.29, 0.717) is 0 Å². The normalized spacial score (nSPS) is 11.3. The van der Waals surface area contributed by atoms with Crippen LogP contribution in [0, 0.1) is 0 Å². The molecule has 0 spiro atoms. The van der Waals surface area contributed by atoms with Gasteiger partial charge in [-0.15, -0.1) is 0 Å². The second-order valence-electron chi connectivity index (χ2n) is 17.1. The summed E-state index contributed by atoms with van der Waals surface area (Å²) < 4.78 is 0. The number of benzene rings is 13. The summed E-state index contributed by atoms with van der Waals surface area (Å²) in [6.45, 7) is 0. The lowest BCUT2D eigenvalue weighted by atomic mass is 9.85. The summed E-state index contributed by atoms with van der Waals surface area (Å²) in [6, 6.07) is 96.5. The van der Waals surface area contributed by atoms with Crippen LogP contribution in [0.1, 0.15) is 0 Å². The Bertz CT molecular complexity index is 3780. The van der Waals surface area contributed by atoms with E-state index in [1.807, 2.05) is 0 Å². The van der Waals surface area contributed by atoms with Gasteiger partial charge in [0, 0.05) is 0 Å². The highest BCUT2D eigenvalue weighted by atomic mass is 14.2. The maximum absolute atomic E-state index is 2.33. The predicted molar refractivity (Wildman–Crippen MR) is 285 cm³/mol. The van der Waals surface area contributed by atoms with E-state index in [4.69, 9.17) is 0 Å². The minimum Gasteiger partial charge on any atom is -0.0622 e. The van der Waals surface area contributed by atoms with Crippen molar-refractivity contribution in [3.05, 3.63) is 267 Å². The smallest absolute Gasteiger partial charge is 0.00262 e. The first kappa shape index (κ1) is 39.0. The summed E-state index contributed by atoms with van der Waals surface area (Å²) >= 11 is 0. The molecule has 13 rings (SSSR count). The first-order valence-electron chi connectivity index (χ1n) is 22.8. The van der Waals surface area contributed by atoms with Crippen molar-refractivity contribution in [2.75, 3.05) is 0 Å². The fourth-order valence-electron chi connectivity index (χ4n) is 10.3. The van der Waals surface area contributed by atoms with Crippen LogP contribution in [-0.2, 0) is 0 Å². The molecule has 0 amide bonds. The van der Waals surface area contributed by atoms with Crippen LogP contribution in [0.5, 0.6) is 0 Å². The van der Waals surface area contributed by atoms with Gasteiger partial charge in [0.15, 0.2) is 0 Å². The van der Waals surface area contributed by atoms with Crippen LogP contribution in [0.4, 0.5) is 0 Å². The summed E-state index contributed by atoms with van der Waals surface area (Å²) in [5.74, 6) is 0. The van der Waals surface area contributed by atoms with Gasteiger partial charge in [-0.1, -0.05) is 261 Å². The Hall–Kier alpha value is -8.58. The van der Waals surface area contributed by atoms with Crippen LogP contribution in [0.25, 0.3) is 120 Å². The molecular weight excluding hydrogens is 793 g/mol. The van der Waals surface area contributed by atoms with Gasteiger partial charge in [0.25, 0.3) is 0 Å². The molecular formula is C66H44. The Morgan fingerprint density at radius 3 is 0.909 bits per heavy atom. The molecule has 0 saturated carbocycles. The molecule has 0 nitrogen and oxygen atoms in total. The van der Waals surface area contributed by atoms with Gasteiger partial charge >= 0.3 is 0 Å². The fourth-order valence-corrected chi connectivity index (χ4v) is 10.3. The summed E-state index contributed by atoms with van der Waals surface area (Å²) in [5, 5.41) is 15.4. The van der Waals surface area contributed by atoms with Crippen LogP contribution in [-0.4, -0.2) is 0 Å². The van der Waals surface area contributed by atoms with Crippen LogP contribution < -0.4 is 0 Å². The summed E-state index contributed by atoms with van der Waals surface area (Å²) in [5.41, 5.74) is 12.8. The van der Waals surface area contributed by atoms with E-state index in [-0.39, 0.29) is 0 Å². The van der Waals surface area contributed by atoms with Gasteiger partial charge in [-0.2, -0.15) is 0 Å². The van der Waals surface area contributed by atoms with Crippen molar-refractivity contribution in [3.8, 4) is 55.6 Å². The van der Waals surface area contributed by atoms with Crippen molar-refractivity contribution >= 4 is 64.6 Å². The Labute approximate surface area is 385 Å². The zero-order chi connectivity index (χ0) is 43.8. The van der Waals surface area contributed by atoms with Gasteiger partial charge in [0.05, 0.1) is 0 Å². The van der Waals surface area contributed by atoms with E-state index < -0.39 is 0 Å². The van der Waals surface area contributed by atoms with Crippen LogP contribution in [0.3, 0.4) is 0 Å². The monoisotopic (exact) mass is 836 g/mol. The van der Waals surface area contributed by atoms with Gasteiger partial charge in [0.1, 0.15) is 0 Å². The maximum Gasteiger partial charge on any atom is -0.00262 e. The first-order valence-corrected chi connectivity index (χ1v) is 22.8. The van der Waals surface area contributed by atoms with E-state index in [1.54, 1.807) is 0 Å². The number of rotatable bonds is 5. The van der Waals surface area contributed by atoms with Crippen molar-refractivity contribution < 1.29 is 0 Å². The maximum atomic E-state index is 2.33. The standard InChI is InChI=1S/C36H24.C30H20/c1-2-12-27(13-3-1)35-31-16-6-8-18-33(31)36(34-19-9-7-17-32(34)35)28-23-21-26(22-24-28)30-20-10-14-25-11-4-5-15-29(25)30;1-2-11-22(12-3-1)29-25-14-6-8-16-27(25)30(28-17-9-7-15-26(28)29)24-19-18-21-10-4-5-13-23(21)20-24/h1-24H;1-20H. The molecule has 66 heavy (non-hydrogen) atoms. The quantitative estimate of drug-likeness (QED) is 0.152. The van der Waals surface area contributed by atoms with Gasteiger partial charge in [0.2, 0.25) is 0 Å². The third kappa shape index (κ3) is 6.88. The Morgan fingerprint density at radius 2 is 0.455 bits per heavy atom. The van der Waals surface area contributed by atoms with Gasteiger partial charge < -0.3 is 0 Å². The third-order valence-corrected chi connectivity index (χ3v) is 13.3. The second-order valence-corrected chi connectivity index (χ2v) is 17.1. The minimum absolute atomic E-state index is 1.24. The molecule has 0 aliphatic heterocycles. The largest absolute Gasteiger partial charge is 0.0622 e. The van der Waals surface area contributed by atoms with Crippen LogP contribution in [0.15, 0.2) is 267 Å². The Kier molecular flexibility index (Phi) is 9.97. The molecule has 0 heterocycles. The molecule has 0 unspecified atom stereocenters. The van der Waals surface area contributed by atoms with Crippen LogP contribution >= 0.6 is 0 Å². The summed E-state index contributed by atoms with van der Waals surface area (Å²) in [4.78, 5) is 0. The van der Waals surface area contributed by atoms with Crippen molar-refractivity contribution in [2.24, 2.45) is 0 Å². The van der Waals surface area contributed by atoms with E-state index >= 15 is 0 Å². The molecule has 0 heteroatoms. The zero-order valence-corrected chi connectivity index (χ0v) is 36.4. The molecule has 308 valence electrons. The Balaban J connectivity index is 0.000000141. The predicted octanol–water partition coefficient (Wildman–Crippen LogP) is 18.6. The minimum atomic E-state index is 1.24. The van der Waals surface area contributed by atoms with Crippen molar-refractivity contribution in [1.82, 2.24) is 0 Å². The first-order chi connectivity index (χ1) is 32.8. The van der Waals surface area contributed by atoms with Crippen LogP contribution in [0.2, 0.25) is 0 Å². The van der Waals surface area contributed by atoms with E-state index in [1.165, 1.54) is 120 Å². The highest BCUT2D eigenvalue weighted by Gasteiger charge is 2.18. The fraction of sp³-hybridized carbons (Fsp3) is 0. The lowest BCUT2D eigenvalue weighted by Crippen LogP contribution is -1.90. The molecule has 0 aromatic heterocycles. The SMILES string of the molecule is c1ccc(-c2c3ccccc3c(-c3ccc(-c4cccc5ccccc45)cc3)c3ccccc23)cc1.c1ccc(-c2c3ccccc3c(-c3ccc4ccccc4c3)c3ccccc23)cc1. The van der Waals surface area contributed by atoms with Crippen molar-refractivity contribution in [3.63, 3.8) is 0 Å². The van der Waals surface area contributed by atoms with Gasteiger partial charge in [-0.3, -0.25) is 0 Å². The summed E-state index contributed by atoms with van der Waals surface area (Å²) in [6.07, 6.45) is 0. The summed E-state index contributed by atoms with van der Waals surface area (Å²) in [7, 11) is 0. The molecule has 0 aliphatic rings. The van der Waals surface area contributed by atoms with E-state index in [9.17, 15) is 0 Å². The molecule has 0 fully saturated rings. The second kappa shape index (κ2) is 16.8. The zero-order valence-electron chi connectivity index (χ0n) is 36.4. The number of hydrogen-bond donors (Lipinski definition) is 0.